The van der Waals surface area contributed by atoms with E-state index in [0.29, 0.717) is 36.6 Å². The van der Waals surface area contributed by atoms with Gasteiger partial charge in [-0.2, -0.15) is 0 Å². The summed E-state index contributed by atoms with van der Waals surface area (Å²) >= 11 is 0. The minimum atomic E-state index is -0.753. The van der Waals surface area contributed by atoms with Crippen molar-refractivity contribution in [2.45, 2.75) is 26.0 Å². The van der Waals surface area contributed by atoms with Gasteiger partial charge in [0.2, 0.25) is 5.78 Å². The van der Waals surface area contributed by atoms with Crippen molar-refractivity contribution in [2.24, 2.45) is 0 Å². The van der Waals surface area contributed by atoms with Gasteiger partial charge >= 0.3 is 0 Å². The van der Waals surface area contributed by atoms with Crippen LogP contribution >= 0.6 is 0 Å². The lowest BCUT2D eigenvalue weighted by atomic mass is 9.95. The number of aliphatic hydroxyl groups excluding tert-OH is 1. The van der Waals surface area contributed by atoms with E-state index in [4.69, 9.17) is 9.15 Å². The fourth-order valence-electron chi connectivity index (χ4n) is 4.53. The van der Waals surface area contributed by atoms with E-state index < -0.39 is 23.5 Å². The lowest BCUT2D eigenvalue weighted by Crippen LogP contribution is -2.33. The molecule has 4 aromatic rings. The molecule has 0 aliphatic carbocycles. The minimum Gasteiger partial charge on any atom is -0.503 e. The predicted molar refractivity (Wildman–Crippen MR) is 139 cm³/mol. The monoisotopic (exact) mass is 493 g/mol. The smallest absolute Gasteiger partial charge is 0.290 e. The molecule has 0 radical (unpaired) electrons. The molecule has 0 saturated carbocycles. The van der Waals surface area contributed by atoms with E-state index in [1.54, 1.807) is 24.0 Å². The molecule has 186 valence electrons. The Bertz CT molecular complexity index is 1420. The first-order chi connectivity index (χ1) is 18.0. The van der Waals surface area contributed by atoms with Crippen LogP contribution in [-0.2, 0) is 17.8 Å². The van der Waals surface area contributed by atoms with Crippen LogP contribution in [0.25, 0.3) is 0 Å². The number of amides is 1. The van der Waals surface area contributed by atoms with Crippen LogP contribution in [0.1, 0.15) is 39.0 Å². The molecule has 0 saturated heterocycles. The zero-order valence-corrected chi connectivity index (χ0v) is 20.5. The molecule has 1 aliphatic heterocycles. The molecule has 1 aromatic heterocycles. The Labute approximate surface area is 215 Å². The molecule has 0 fully saturated rings. The summed E-state index contributed by atoms with van der Waals surface area (Å²) < 4.78 is 11.4. The molecular weight excluding hydrogens is 466 g/mol. The number of ketones is 1. The number of hydrogen-bond acceptors (Lipinski definition) is 5. The van der Waals surface area contributed by atoms with Gasteiger partial charge in [0.15, 0.2) is 11.5 Å². The van der Waals surface area contributed by atoms with Gasteiger partial charge in [-0.05, 0) is 54.3 Å². The molecule has 3 aromatic carbocycles. The van der Waals surface area contributed by atoms with Crippen molar-refractivity contribution in [3.63, 3.8) is 0 Å². The molecule has 0 spiro atoms. The van der Waals surface area contributed by atoms with E-state index in [-0.39, 0.29) is 11.3 Å². The second kappa shape index (κ2) is 10.6. The number of ether oxygens (including phenoxy) is 1. The van der Waals surface area contributed by atoms with Crippen LogP contribution in [-0.4, -0.2) is 28.2 Å². The van der Waals surface area contributed by atoms with Crippen LogP contribution < -0.4 is 4.74 Å². The first-order valence-corrected chi connectivity index (χ1v) is 12.2. The molecule has 1 N–H and O–H groups in total. The van der Waals surface area contributed by atoms with Crippen molar-refractivity contribution < 1.29 is 23.8 Å². The molecule has 6 nitrogen and oxygen atoms in total. The number of Topliss-reactive ketones (excluding diaryl/α,β-unsaturated/α-hetero) is 1. The molecule has 1 amide bonds. The molecule has 1 atom stereocenters. The van der Waals surface area contributed by atoms with Crippen molar-refractivity contribution in [2.75, 3.05) is 6.54 Å². The van der Waals surface area contributed by atoms with Gasteiger partial charge < -0.3 is 19.2 Å². The number of rotatable bonds is 9. The van der Waals surface area contributed by atoms with E-state index in [1.165, 1.54) is 0 Å². The standard InChI is InChI=1S/C31H27NO5/c1-21-12-17-26(37-21)29(33)27-28(32(31(35)30(27)34)19-18-22-8-4-2-5-9-22)24-13-15-25(16-14-24)36-20-23-10-6-3-7-11-23/h2-17,28,34H,18-20H2,1H3. The van der Waals surface area contributed by atoms with Gasteiger partial charge in [-0.1, -0.05) is 72.8 Å². The maximum atomic E-state index is 13.4. The quantitative estimate of drug-likeness (QED) is 0.290. The highest BCUT2D eigenvalue weighted by molar-refractivity contribution is 6.15. The summed E-state index contributed by atoms with van der Waals surface area (Å²) in [6.45, 7) is 2.49. The van der Waals surface area contributed by atoms with Gasteiger partial charge in [0.25, 0.3) is 5.91 Å². The average Bonchev–Trinajstić information content (AvgIpc) is 3.48. The third-order valence-corrected chi connectivity index (χ3v) is 6.44. The van der Waals surface area contributed by atoms with Crippen LogP contribution in [0.4, 0.5) is 0 Å². The summed E-state index contributed by atoms with van der Waals surface area (Å²) in [5.74, 6) is -0.292. The van der Waals surface area contributed by atoms with Crippen molar-refractivity contribution in [1.29, 1.82) is 0 Å². The summed E-state index contributed by atoms with van der Waals surface area (Å²) in [4.78, 5) is 28.2. The summed E-state index contributed by atoms with van der Waals surface area (Å²) in [6.07, 6.45) is 0.579. The topological polar surface area (TPSA) is 80.0 Å². The number of nitrogens with zero attached hydrogens (tertiary/aromatic N) is 1. The third-order valence-electron chi connectivity index (χ3n) is 6.44. The largest absolute Gasteiger partial charge is 0.503 e. The Hall–Kier alpha value is -4.58. The number of carbonyl (C=O) groups excluding carboxylic acids is 2. The van der Waals surface area contributed by atoms with E-state index in [1.807, 2.05) is 84.9 Å². The van der Waals surface area contributed by atoms with Gasteiger partial charge in [-0.15, -0.1) is 0 Å². The van der Waals surface area contributed by atoms with Crippen LogP contribution in [0.3, 0.4) is 0 Å². The molecule has 1 unspecified atom stereocenters. The Morgan fingerprint density at radius 2 is 1.54 bits per heavy atom. The van der Waals surface area contributed by atoms with Crippen LogP contribution in [0.5, 0.6) is 5.75 Å². The Balaban J connectivity index is 1.43. The highest BCUT2D eigenvalue weighted by Gasteiger charge is 2.44. The maximum absolute atomic E-state index is 13.4. The number of carbonyl (C=O) groups is 2. The van der Waals surface area contributed by atoms with E-state index in [2.05, 4.69) is 0 Å². The van der Waals surface area contributed by atoms with Crippen LogP contribution in [0.15, 0.2) is 113 Å². The molecule has 6 heteroatoms. The summed E-state index contributed by atoms with van der Waals surface area (Å²) in [7, 11) is 0. The van der Waals surface area contributed by atoms with E-state index in [0.717, 1.165) is 11.1 Å². The fourth-order valence-corrected chi connectivity index (χ4v) is 4.53. The molecule has 5 rings (SSSR count). The summed E-state index contributed by atoms with van der Waals surface area (Å²) in [6, 6.07) is 29.4. The zero-order chi connectivity index (χ0) is 25.8. The third kappa shape index (κ3) is 5.19. The normalized spacial score (nSPS) is 15.3. The Kier molecular flexibility index (Phi) is 6.90. The van der Waals surface area contributed by atoms with Crippen molar-refractivity contribution in [3.05, 3.63) is 137 Å². The van der Waals surface area contributed by atoms with Crippen molar-refractivity contribution in [1.82, 2.24) is 4.90 Å². The molecule has 2 heterocycles. The highest BCUT2D eigenvalue weighted by Crippen LogP contribution is 2.39. The van der Waals surface area contributed by atoms with Gasteiger partial charge in [0.1, 0.15) is 18.1 Å². The second-order valence-electron chi connectivity index (χ2n) is 8.98. The molecule has 37 heavy (non-hydrogen) atoms. The number of hydrogen-bond donors (Lipinski definition) is 1. The first-order valence-electron chi connectivity index (χ1n) is 12.2. The average molecular weight is 494 g/mol. The van der Waals surface area contributed by atoms with E-state index >= 15 is 0 Å². The zero-order valence-electron chi connectivity index (χ0n) is 20.5. The summed E-state index contributed by atoms with van der Waals surface area (Å²) in [5, 5.41) is 10.9. The summed E-state index contributed by atoms with van der Waals surface area (Å²) in [5.41, 5.74) is 2.82. The van der Waals surface area contributed by atoms with E-state index in [9.17, 15) is 14.7 Å². The van der Waals surface area contributed by atoms with Gasteiger partial charge in [-0.3, -0.25) is 9.59 Å². The minimum absolute atomic E-state index is 0.0189. The maximum Gasteiger partial charge on any atom is 0.290 e. The number of furan rings is 1. The number of aliphatic hydroxyl groups is 1. The molecule has 0 bridgehead atoms. The highest BCUT2D eigenvalue weighted by atomic mass is 16.5. The Morgan fingerprint density at radius 1 is 0.892 bits per heavy atom. The second-order valence-corrected chi connectivity index (χ2v) is 8.98. The van der Waals surface area contributed by atoms with Crippen molar-refractivity contribution in [3.8, 4) is 5.75 Å². The van der Waals surface area contributed by atoms with Crippen LogP contribution in [0, 0.1) is 6.92 Å². The number of aryl methyl sites for hydroxylation is 1. The molecule has 1 aliphatic rings. The SMILES string of the molecule is Cc1ccc(C(=O)C2=C(O)C(=O)N(CCc3ccccc3)C2c2ccc(OCc3ccccc3)cc2)o1. The van der Waals surface area contributed by atoms with Crippen LogP contribution in [0.2, 0.25) is 0 Å². The van der Waals surface area contributed by atoms with Gasteiger partial charge in [0.05, 0.1) is 11.6 Å². The Morgan fingerprint density at radius 3 is 2.16 bits per heavy atom. The number of benzene rings is 3. The van der Waals surface area contributed by atoms with Crippen molar-refractivity contribution >= 4 is 11.7 Å². The predicted octanol–water partition coefficient (Wildman–Crippen LogP) is 5.99. The fraction of sp³-hybridized carbons (Fsp3) is 0.161. The van der Waals surface area contributed by atoms with Gasteiger partial charge in [0, 0.05) is 6.54 Å². The van der Waals surface area contributed by atoms with Gasteiger partial charge in [-0.25, -0.2) is 0 Å². The first kappa shape index (κ1) is 24.1. The molecular formula is C31H27NO5. The lowest BCUT2D eigenvalue weighted by molar-refractivity contribution is -0.129. The lowest BCUT2D eigenvalue weighted by Gasteiger charge is -2.27.